The molecule has 0 fully saturated rings. The average molecular weight is 342 g/mol. The molecule has 0 aliphatic heterocycles. The fourth-order valence-corrected chi connectivity index (χ4v) is 3.23. The summed E-state index contributed by atoms with van der Waals surface area (Å²) in [6, 6.07) is 23.3. The van der Waals surface area contributed by atoms with Crippen molar-refractivity contribution in [2.45, 2.75) is 6.92 Å². The molecule has 0 N–H and O–H groups in total. The van der Waals surface area contributed by atoms with Crippen molar-refractivity contribution < 1.29 is 9.15 Å². The van der Waals surface area contributed by atoms with Crippen LogP contribution in [-0.4, -0.2) is 7.11 Å². The number of ether oxygens (including phenoxy) is 1. The first-order valence-corrected chi connectivity index (χ1v) is 8.44. The summed E-state index contributed by atoms with van der Waals surface area (Å²) in [6.07, 6.45) is 0. The molecular weight excluding hydrogens is 324 g/mol. The number of fused-ring (bicyclic) bond motifs is 1. The minimum absolute atomic E-state index is 0.333. The van der Waals surface area contributed by atoms with Gasteiger partial charge < -0.3 is 9.15 Å². The summed E-state index contributed by atoms with van der Waals surface area (Å²) in [5.41, 5.74) is 4.56. The third-order valence-corrected chi connectivity index (χ3v) is 4.50. The van der Waals surface area contributed by atoms with Crippen LogP contribution in [0.3, 0.4) is 0 Å². The van der Waals surface area contributed by atoms with Crippen molar-refractivity contribution in [2.75, 3.05) is 7.11 Å². The zero-order valence-corrected chi connectivity index (χ0v) is 14.7. The van der Waals surface area contributed by atoms with Gasteiger partial charge in [-0.25, -0.2) is 4.79 Å². The summed E-state index contributed by atoms with van der Waals surface area (Å²) < 4.78 is 10.9. The normalized spacial score (nSPS) is 10.8. The van der Waals surface area contributed by atoms with Crippen LogP contribution in [0.1, 0.15) is 5.56 Å². The molecule has 0 saturated carbocycles. The van der Waals surface area contributed by atoms with Gasteiger partial charge in [-0.15, -0.1) is 0 Å². The summed E-state index contributed by atoms with van der Waals surface area (Å²) in [7, 11) is 1.64. The lowest BCUT2D eigenvalue weighted by atomic mass is 9.92. The molecule has 3 heteroatoms. The molecule has 0 saturated heterocycles. The standard InChI is InChI=1S/C23H18O3/c1-15-8-13-19-20(14-15)26-23(24)22(16-6-4-3-5-7-16)21(19)17-9-11-18(25-2)12-10-17/h3-14H,1-2H3. The monoisotopic (exact) mass is 342 g/mol. The lowest BCUT2D eigenvalue weighted by Crippen LogP contribution is -2.06. The van der Waals surface area contributed by atoms with E-state index in [2.05, 4.69) is 0 Å². The lowest BCUT2D eigenvalue weighted by molar-refractivity contribution is 0.415. The molecule has 4 rings (SSSR count). The van der Waals surface area contributed by atoms with Crippen molar-refractivity contribution in [3.05, 3.63) is 88.8 Å². The van der Waals surface area contributed by atoms with E-state index in [4.69, 9.17) is 9.15 Å². The van der Waals surface area contributed by atoms with E-state index in [1.54, 1.807) is 7.11 Å². The Morgan fingerprint density at radius 3 is 2.19 bits per heavy atom. The van der Waals surface area contributed by atoms with Crippen molar-refractivity contribution in [2.24, 2.45) is 0 Å². The van der Waals surface area contributed by atoms with Gasteiger partial charge in [0.05, 0.1) is 12.7 Å². The van der Waals surface area contributed by atoms with Crippen LogP contribution in [0.25, 0.3) is 33.2 Å². The Balaban J connectivity index is 2.11. The van der Waals surface area contributed by atoms with Crippen LogP contribution in [0, 0.1) is 6.92 Å². The van der Waals surface area contributed by atoms with Gasteiger partial charge in [0.1, 0.15) is 11.3 Å². The molecule has 0 unspecified atom stereocenters. The molecule has 3 aromatic carbocycles. The van der Waals surface area contributed by atoms with E-state index in [1.165, 1.54) is 0 Å². The molecule has 1 heterocycles. The smallest absolute Gasteiger partial charge is 0.344 e. The van der Waals surface area contributed by atoms with E-state index in [9.17, 15) is 4.79 Å². The molecule has 0 atom stereocenters. The average Bonchev–Trinajstić information content (AvgIpc) is 2.67. The minimum Gasteiger partial charge on any atom is -0.497 e. The summed E-state index contributed by atoms with van der Waals surface area (Å²) in [6.45, 7) is 1.98. The number of rotatable bonds is 3. The zero-order chi connectivity index (χ0) is 18.1. The summed E-state index contributed by atoms with van der Waals surface area (Å²) in [5, 5.41) is 0.916. The predicted octanol–water partition coefficient (Wildman–Crippen LogP) is 5.44. The van der Waals surface area contributed by atoms with Gasteiger partial charge in [0.2, 0.25) is 0 Å². The summed E-state index contributed by atoms with van der Waals surface area (Å²) in [4.78, 5) is 12.9. The number of hydrogen-bond acceptors (Lipinski definition) is 3. The van der Waals surface area contributed by atoms with Crippen LogP contribution < -0.4 is 10.4 Å². The molecule has 0 bridgehead atoms. The molecule has 0 amide bonds. The first-order valence-electron chi connectivity index (χ1n) is 8.44. The molecule has 3 nitrogen and oxygen atoms in total. The molecule has 0 aliphatic carbocycles. The van der Waals surface area contributed by atoms with Gasteiger partial charge in [-0.05, 0) is 41.8 Å². The largest absolute Gasteiger partial charge is 0.497 e. The molecule has 0 aliphatic rings. The van der Waals surface area contributed by atoms with Gasteiger partial charge in [0.25, 0.3) is 0 Å². The third-order valence-electron chi connectivity index (χ3n) is 4.50. The number of benzene rings is 3. The van der Waals surface area contributed by atoms with Crippen molar-refractivity contribution in [3.8, 4) is 28.0 Å². The molecule has 4 aromatic rings. The quantitative estimate of drug-likeness (QED) is 0.465. The third kappa shape index (κ3) is 2.78. The van der Waals surface area contributed by atoms with Gasteiger partial charge in [-0.3, -0.25) is 0 Å². The highest BCUT2D eigenvalue weighted by Crippen LogP contribution is 2.36. The van der Waals surface area contributed by atoms with Crippen LogP contribution in [0.5, 0.6) is 5.75 Å². The number of hydrogen-bond donors (Lipinski definition) is 0. The first-order chi connectivity index (χ1) is 12.7. The zero-order valence-electron chi connectivity index (χ0n) is 14.7. The second-order valence-electron chi connectivity index (χ2n) is 6.23. The highest BCUT2D eigenvalue weighted by Gasteiger charge is 2.18. The van der Waals surface area contributed by atoms with E-state index < -0.39 is 0 Å². The molecule has 128 valence electrons. The van der Waals surface area contributed by atoms with Crippen LogP contribution in [0.15, 0.2) is 82.0 Å². The second-order valence-corrected chi connectivity index (χ2v) is 6.23. The van der Waals surface area contributed by atoms with Gasteiger partial charge >= 0.3 is 5.63 Å². The highest BCUT2D eigenvalue weighted by atomic mass is 16.5. The summed E-state index contributed by atoms with van der Waals surface area (Å²) in [5.74, 6) is 0.776. The van der Waals surface area contributed by atoms with E-state index >= 15 is 0 Å². The first kappa shape index (κ1) is 16.2. The van der Waals surface area contributed by atoms with E-state index in [0.717, 1.165) is 33.4 Å². The second kappa shape index (κ2) is 6.52. The van der Waals surface area contributed by atoms with Crippen LogP contribution in [-0.2, 0) is 0 Å². The van der Waals surface area contributed by atoms with Gasteiger partial charge in [-0.1, -0.05) is 54.6 Å². The Morgan fingerprint density at radius 2 is 1.50 bits per heavy atom. The van der Waals surface area contributed by atoms with Crippen LogP contribution >= 0.6 is 0 Å². The SMILES string of the molecule is COc1ccc(-c2c(-c3ccccc3)c(=O)oc3cc(C)ccc23)cc1. The van der Waals surface area contributed by atoms with Crippen LogP contribution in [0.4, 0.5) is 0 Å². The molecule has 0 spiro atoms. The van der Waals surface area contributed by atoms with Crippen molar-refractivity contribution in [3.63, 3.8) is 0 Å². The lowest BCUT2D eigenvalue weighted by Gasteiger charge is -2.13. The van der Waals surface area contributed by atoms with Gasteiger partial charge in [0.15, 0.2) is 0 Å². The van der Waals surface area contributed by atoms with Crippen LogP contribution in [0.2, 0.25) is 0 Å². The molecule has 26 heavy (non-hydrogen) atoms. The predicted molar refractivity (Wildman–Crippen MR) is 105 cm³/mol. The maximum absolute atomic E-state index is 12.9. The minimum atomic E-state index is -0.333. The summed E-state index contributed by atoms with van der Waals surface area (Å²) >= 11 is 0. The van der Waals surface area contributed by atoms with Crippen molar-refractivity contribution >= 4 is 11.0 Å². The fraction of sp³-hybridized carbons (Fsp3) is 0.0870. The maximum Gasteiger partial charge on any atom is 0.344 e. The number of methoxy groups -OCH3 is 1. The van der Waals surface area contributed by atoms with E-state index in [-0.39, 0.29) is 5.63 Å². The molecular formula is C23H18O3. The topological polar surface area (TPSA) is 39.4 Å². The molecule has 1 aromatic heterocycles. The Labute approximate surface area is 151 Å². The molecule has 0 radical (unpaired) electrons. The van der Waals surface area contributed by atoms with E-state index in [0.29, 0.717) is 11.1 Å². The van der Waals surface area contributed by atoms with Crippen molar-refractivity contribution in [1.29, 1.82) is 0 Å². The Morgan fingerprint density at radius 1 is 0.808 bits per heavy atom. The van der Waals surface area contributed by atoms with Gasteiger partial charge in [-0.2, -0.15) is 0 Å². The van der Waals surface area contributed by atoms with E-state index in [1.807, 2.05) is 79.7 Å². The Kier molecular flexibility index (Phi) is 4.05. The maximum atomic E-state index is 12.9. The van der Waals surface area contributed by atoms with Gasteiger partial charge in [0, 0.05) is 10.9 Å². The Hall–Kier alpha value is -3.33. The van der Waals surface area contributed by atoms with Crippen molar-refractivity contribution in [1.82, 2.24) is 0 Å². The highest BCUT2D eigenvalue weighted by molar-refractivity contribution is 6.01. The fourth-order valence-electron chi connectivity index (χ4n) is 3.23. The number of aryl methyl sites for hydroxylation is 1. The Bertz CT molecular complexity index is 1120.